The van der Waals surface area contributed by atoms with Gasteiger partial charge in [-0.3, -0.25) is 4.79 Å². The standard InChI is InChI=1S/C18H21NO/c1-14-9-11-15(12-10-14)17(13-19(2)3)18(20)16-7-5-4-6-8-16/h4-12,17H,13H2,1-3H3/t17-/m1/s1. The molecule has 0 aromatic heterocycles. The van der Waals surface area contributed by atoms with Crippen molar-refractivity contribution in [3.05, 3.63) is 71.3 Å². The van der Waals surface area contributed by atoms with Crippen LogP contribution in [0.5, 0.6) is 0 Å². The van der Waals surface area contributed by atoms with Gasteiger partial charge >= 0.3 is 0 Å². The number of rotatable bonds is 5. The van der Waals surface area contributed by atoms with Crippen LogP contribution in [0.25, 0.3) is 0 Å². The molecule has 0 fully saturated rings. The number of benzene rings is 2. The summed E-state index contributed by atoms with van der Waals surface area (Å²) in [5.41, 5.74) is 3.07. The van der Waals surface area contributed by atoms with E-state index in [1.807, 2.05) is 44.4 Å². The maximum atomic E-state index is 12.7. The molecule has 20 heavy (non-hydrogen) atoms. The Morgan fingerprint density at radius 2 is 1.60 bits per heavy atom. The van der Waals surface area contributed by atoms with Crippen molar-refractivity contribution in [2.45, 2.75) is 12.8 Å². The van der Waals surface area contributed by atoms with E-state index >= 15 is 0 Å². The van der Waals surface area contributed by atoms with E-state index < -0.39 is 0 Å². The quantitative estimate of drug-likeness (QED) is 0.772. The Kier molecular flexibility index (Phi) is 4.70. The summed E-state index contributed by atoms with van der Waals surface area (Å²) in [5.74, 6) is 0.0659. The number of ketones is 1. The molecule has 0 radical (unpaired) electrons. The summed E-state index contributed by atoms with van der Waals surface area (Å²) in [6.07, 6.45) is 0. The Hall–Kier alpha value is -1.93. The normalized spacial score (nSPS) is 12.4. The summed E-state index contributed by atoms with van der Waals surface area (Å²) >= 11 is 0. The second-order valence-corrected chi connectivity index (χ2v) is 5.46. The van der Waals surface area contributed by atoms with Gasteiger partial charge in [-0.1, -0.05) is 60.2 Å². The largest absolute Gasteiger partial charge is 0.308 e. The number of carbonyl (C=O) groups is 1. The number of aryl methyl sites for hydroxylation is 1. The fourth-order valence-electron chi connectivity index (χ4n) is 2.31. The van der Waals surface area contributed by atoms with Crippen molar-refractivity contribution in [1.29, 1.82) is 0 Å². The van der Waals surface area contributed by atoms with Crippen LogP contribution in [-0.4, -0.2) is 31.3 Å². The summed E-state index contributed by atoms with van der Waals surface area (Å²) in [7, 11) is 4.00. The highest BCUT2D eigenvalue weighted by Crippen LogP contribution is 2.22. The van der Waals surface area contributed by atoms with Gasteiger partial charge in [0.25, 0.3) is 0 Å². The van der Waals surface area contributed by atoms with Crippen LogP contribution in [0.2, 0.25) is 0 Å². The van der Waals surface area contributed by atoms with Crippen LogP contribution >= 0.6 is 0 Å². The summed E-state index contributed by atoms with van der Waals surface area (Å²) in [6, 6.07) is 17.8. The lowest BCUT2D eigenvalue weighted by Gasteiger charge is -2.20. The van der Waals surface area contributed by atoms with Crippen molar-refractivity contribution in [3.63, 3.8) is 0 Å². The molecule has 0 saturated carbocycles. The fraction of sp³-hybridized carbons (Fsp3) is 0.278. The first-order chi connectivity index (χ1) is 9.58. The molecule has 0 aliphatic rings. The topological polar surface area (TPSA) is 20.3 Å². The number of carbonyl (C=O) groups excluding carboxylic acids is 1. The number of hydrogen-bond donors (Lipinski definition) is 0. The molecule has 0 aliphatic heterocycles. The minimum absolute atomic E-state index is 0.118. The first-order valence-corrected chi connectivity index (χ1v) is 6.88. The van der Waals surface area contributed by atoms with E-state index in [-0.39, 0.29) is 11.7 Å². The lowest BCUT2D eigenvalue weighted by Crippen LogP contribution is -2.26. The molecule has 0 amide bonds. The molecule has 2 heteroatoms. The molecule has 104 valence electrons. The maximum absolute atomic E-state index is 12.7. The molecule has 0 N–H and O–H groups in total. The molecule has 0 unspecified atom stereocenters. The summed E-state index contributed by atoms with van der Waals surface area (Å²) in [5, 5.41) is 0. The lowest BCUT2D eigenvalue weighted by molar-refractivity contribution is 0.0945. The Labute approximate surface area is 121 Å². The van der Waals surface area contributed by atoms with Crippen LogP contribution in [0, 0.1) is 6.92 Å². The van der Waals surface area contributed by atoms with E-state index in [2.05, 4.69) is 36.1 Å². The minimum Gasteiger partial charge on any atom is -0.308 e. The molecule has 0 spiro atoms. The van der Waals surface area contributed by atoms with E-state index in [1.165, 1.54) is 5.56 Å². The van der Waals surface area contributed by atoms with E-state index in [9.17, 15) is 4.79 Å². The van der Waals surface area contributed by atoms with Crippen LogP contribution in [0.15, 0.2) is 54.6 Å². The van der Waals surface area contributed by atoms with Crippen LogP contribution in [-0.2, 0) is 0 Å². The van der Waals surface area contributed by atoms with Crippen LogP contribution in [0.1, 0.15) is 27.4 Å². The Morgan fingerprint density at radius 1 is 1.00 bits per heavy atom. The van der Waals surface area contributed by atoms with Gasteiger partial charge < -0.3 is 4.90 Å². The van der Waals surface area contributed by atoms with Gasteiger partial charge in [0.1, 0.15) is 0 Å². The third-order valence-electron chi connectivity index (χ3n) is 3.40. The van der Waals surface area contributed by atoms with Gasteiger partial charge in [-0.15, -0.1) is 0 Å². The van der Waals surface area contributed by atoms with Gasteiger partial charge in [-0.05, 0) is 26.6 Å². The first-order valence-electron chi connectivity index (χ1n) is 6.88. The van der Waals surface area contributed by atoms with Gasteiger partial charge in [0.2, 0.25) is 0 Å². The molecule has 0 bridgehead atoms. The zero-order valence-corrected chi connectivity index (χ0v) is 12.3. The highest BCUT2D eigenvalue weighted by Gasteiger charge is 2.22. The second-order valence-electron chi connectivity index (χ2n) is 5.46. The van der Waals surface area contributed by atoms with E-state index in [0.29, 0.717) is 0 Å². The molecule has 2 aromatic carbocycles. The SMILES string of the molecule is Cc1ccc([C@@H](CN(C)C)C(=O)c2ccccc2)cc1. The van der Waals surface area contributed by atoms with Crippen molar-refractivity contribution < 1.29 is 4.79 Å². The summed E-state index contributed by atoms with van der Waals surface area (Å²) in [6.45, 7) is 2.78. The molecule has 0 heterocycles. The molecule has 0 saturated heterocycles. The Balaban J connectivity index is 2.32. The van der Waals surface area contributed by atoms with Gasteiger partial charge in [0, 0.05) is 12.1 Å². The lowest BCUT2D eigenvalue weighted by atomic mass is 9.90. The third kappa shape index (κ3) is 3.55. The van der Waals surface area contributed by atoms with Gasteiger partial charge in [-0.2, -0.15) is 0 Å². The number of hydrogen-bond acceptors (Lipinski definition) is 2. The number of nitrogens with zero attached hydrogens (tertiary/aromatic N) is 1. The van der Waals surface area contributed by atoms with E-state index in [0.717, 1.165) is 17.7 Å². The van der Waals surface area contributed by atoms with E-state index in [4.69, 9.17) is 0 Å². The number of Topliss-reactive ketones (excluding diaryl/α,β-unsaturated/α-hetero) is 1. The Morgan fingerprint density at radius 3 is 2.15 bits per heavy atom. The molecular formula is C18H21NO. The average molecular weight is 267 g/mol. The van der Waals surface area contributed by atoms with Crippen molar-refractivity contribution in [1.82, 2.24) is 4.90 Å². The Bertz CT molecular complexity index is 558. The predicted octanol–water partition coefficient (Wildman–Crippen LogP) is 3.52. The first kappa shape index (κ1) is 14.5. The average Bonchev–Trinajstić information content (AvgIpc) is 2.46. The summed E-state index contributed by atoms with van der Waals surface area (Å²) in [4.78, 5) is 14.8. The summed E-state index contributed by atoms with van der Waals surface area (Å²) < 4.78 is 0. The second kappa shape index (κ2) is 6.49. The molecule has 0 aliphatic carbocycles. The predicted molar refractivity (Wildman–Crippen MR) is 83.2 cm³/mol. The third-order valence-corrected chi connectivity index (χ3v) is 3.40. The fourth-order valence-corrected chi connectivity index (χ4v) is 2.31. The molecule has 2 aromatic rings. The van der Waals surface area contributed by atoms with Crippen LogP contribution < -0.4 is 0 Å². The van der Waals surface area contributed by atoms with Crippen molar-refractivity contribution in [3.8, 4) is 0 Å². The van der Waals surface area contributed by atoms with Crippen molar-refractivity contribution in [2.75, 3.05) is 20.6 Å². The van der Waals surface area contributed by atoms with Crippen LogP contribution in [0.4, 0.5) is 0 Å². The molecule has 1 atom stereocenters. The molecule has 2 rings (SSSR count). The maximum Gasteiger partial charge on any atom is 0.171 e. The van der Waals surface area contributed by atoms with Crippen LogP contribution in [0.3, 0.4) is 0 Å². The zero-order valence-electron chi connectivity index (χ0n) is 12.3. The van der Waals surface area contributed by atoms with Gasteiger partial charge in [0.15, 0.2) is 5.78 Å². The molecular weight excluding hydrogens is 246 g/mol. The highest BCUT2D eigenvalue weighted by atomic mass is 16.1. The van der Waals surface area contributed by atoms with E-state index in [1.54, 1.807) is 0 Å². The van der Waals surface area contributed by atoms with Gasteiger partial charge in [0.05, 0.1) is 5.92 Å². The van der Waals surface area contributed by atoms with Crippen molar-refractivity contribution in [2.24, 2.45) is 0 Å². The number of likely N-dealkylation sites (N-methyl/N-ethyl adjacent to an activating group) is 1. The highest BCUT2D eigenvalue weighted by molar-refractivity contribution is 6.01. The smallest absolute Gasteiger partial charge is 0.171 e. The minimum atomic E-state index is -0.118. The van der Waals surface area contributed by atoms with Crippen molar-refractivity contribution >= 4 is 5.78 Å². The zero-order chi connectivity index (χ0) is 14.5. The van der Waals surface area contributed by atoms with Gasteiger partial charge in [-0.25, -0.2) is 0 Å². The molecule has 2 nitrogen and oxygen atoms in total. The monoisotopic (exact) mass is 267 g/mol.